The predicted octanol–water partition coefficient (Wildman–Crippen LogP) is -0.162. The van der Waals surface area contributed by atoms with Crippen LogP contribution in [0.15, 0.2) is 0 Å². The van der Waals surface area contributed by atoms with Crippen molar-refractivity contribution in [1.29, 1.82) is 0 Å². The minimum absolute atomic E-state index is 0.0533. The van der Waals surface area contributed by atoms with Crippen molar-refractivity contribution in [3.63, 3.8) is 0 Å². The number of aliphatic hydroxyl groups is 1. The zero-order valence-electron chi connectivity index (χ0n) is 10.8. The van der Waals surface area contributed by atoms with Gasteiger partial charge in [-0.1, -0.05) is 0 Å². The summed E-state index contributed by atoms with van der Waals surface area (Å²) in [6.07, 6.45) is 3.25. The van der Waals surface area contributed by atoms with E-state index in [1.807, 2.05) is 0 Å². The first-order chi connectivity index (χ1) is 8.49. The van der Waals surface area contributed by atoms with Crippen molar-refractivity contribution < 1.29 is 14.7 Å². The van der Waals surface area contributed by atoms with Crippen LogP contribution in [0.1, 0.15) is 25.7 Å². The molecule has 3 aliphatic rings. The van der Waals surface area contributed by atoms with E-state index in [-0.39, 0.29) is 17.7 Å². The predicted molar refractivity (Wildman–Crippen MR) is 64.6 cm³/mol. The molecular weight excluding hydrogens is 232 g/mol. The first-order valence-electron chi connectivity index (χ1n) is 6.75. The fraction of sp³-hybridized carbons (Fsp3) is 0.846. The van der Waals surface area contributed by atoms with E-state index in [9.17, 15) is 14.7 Å². The van der Waals surface area contributed by atoms with E-state index in [2.05, 4.69) is 0 Å². The largest absolute Gasteiger partial charge is 0.386 e. The minimum Gasteiger partial charge on any atom is -0.386 e. The number of nitrogens with zero attached hydrogens (tertiary/aromatic N) is 2. The van der Waals surface area contributed by atoms with Crippen LogP contribution in [0.5, 0.6) is 0 Å². The molecule has 2 aliphatic heterocycles. The number of piperidine rings is 1. The molecule has 3 fully saturated rings. The fourth-order valence-corrected chi connectivity index (χ4v) is 3.06. The van der Waals surface area contributed by atoms with Gasteiger partial charge in [-0.25, -0.2) is 0 Å². The Morgan fingerprint density at radius 1 is 1.33 bits per heavy atom. The van der Waals surface area contributed by atoms with Gasteiger partial charge in [0, 0.05) is 25.9 Å². The number of carbonyl (C=O) groups excluding carboxylic acids is 2. The van der Waals surface area contributed by atoms with E-state index in [1.165, 1.54) is 0 Å². The summed E-state index contributed by atoms with van der Waals surface area (Å²) in [4.78, 5) is 27.2. The van der Waals surface area contributed by atoms with Gasteiger partial charge in [0.1, 0.15) is 5.60 Å². The zero-order valence-corrected chi connectivity index (χ0v) is 10.8. The summed E-state index contributed by atoms with van der Waals surface area (Å²) in [6.45, 7) is 1.60. The molecular formula is C13H20N2O3. The van der Waals surface area contributed by atoms with Crippen molar-refractivity contribution in [2.75, 3.05) is 26.7 Å². The van der Waals surface area contributed by atoms with Crippen LogP contribution in [-0.2, 0) is 9.59 Å². The maximum Gasteiger partial charge on any atom is 0.226 e. The molecule has 1 N–H and O–H groups in total. The molecule has 1 saturated carbocycles. The Balaban J connectivity index is 1.55. The molecule has 2 saturated heterocycles. The normalized spacial score (nSPS) is 31.2. The molecule has 5 heteroatoms. The first-order valence-corrected chi connectivity index (χ1v) is 6.75. The van der Waals surface area contributed by atoms with Crippen molar-refractivity contribution in [2.24, 2.45) is 11.8 Å². The van der Waals surface area contributed by atoms with E-state index < -0.39 is 5.60 Å². The Morgan fingerprint density at radius 2 is 2.00 bits per heavy atom. The molecule has 1 unspecified atom stereocenters. The number of likely N-dealkylation sites (tertiary alicyclic amines) is 2. The molecule has 0 aromatic rings. The van der Waals surface area contributed by atoms with Crippen molar-refractivity contribution in [3.05, 3.63) is 0 Å². The summed E-state index contributed by atoms with van der Waals surface area (Å²) in [6, 6.07) is 0. The van der Waals surface area contributed by atoms with E-state index in [1.54, 1.807) is 16.8 Å². The molecule has 1 aliphatic carbocycles. The van der Waals surface area contributed by atoms with Crippen LogP contribution in [-0.4, -0.2) is 59.0 Å². The molecule has 0 aromatic heterocycles. The van der Waals surface area contributed by atoms with E-state index >= 15 is 0 Å². The first kappa shape index (κ1) is 12.0. The lowest BCUT2D eigenvalue weighted by Gasteiger charge is -2.48. The van der Waals surface area contributed by atoms with Gasteiger partial charge >= 0.3 is 0 Å². The lowest BCUT2D eigenvalue weighted by Crippen LogP contribution is -2.66. The highest BCUT2D eigenvalue weighted by Crippen LogP contribution is 2.45. The highest BCUT2D eigenvalue weighted by Gasteiger charge is 2.54. The quantitative estimate of drug-likeness (QED) is 0.743. The van der Waals surface area contributed by atoms with Gasteiger partial charge in [0.25, 0.3) is 0 Å². The number of hydrogen-bond acceptors (Lipinski definition) is 3. The molecule has 0 aromatic carbocycles. The summed E-state index contributed by atoms with van der Waals surface area (Å²) < 4.78 is 0. The van der Waals surface area contributed by atoms with Crippen molar-refractivity contribution in [3.8, 4) is 0 Å². The maximum absolute atomic E-state index is 12.2. The SMILES string of the molecule is CN1CCC(C(=O)N2CC(O)(C3CC3)C2)CC1=O. The summed E-state index contributed by atoms with van der Waals surface area (Å²) in [7, 11) is 1.78. The molecule has 18 heavy (non-hydrogen) atoms. The molecule has 3 rings (SSSR count). The number of amides is 2. The Hall–Kier alpha value is -1.10. The Morgan fingerprint density at radius 3 is 2.56 bits per heavy atom. The van der Waals surface area contributed by atoms with Gasteiger partial charge in [-0.3, -0.25) is 9.59 Å². The third kappa shape index (κ3) is 1.90. The highest BCUT2D eigenvalue weighted by molar-refractivity contribution is 5.87. The maximum atomic E-state index is 12.2. The number of rotatable bonds is 2. The van der Waals surface area contributed by atoms with Gasteiger partial charge in [0.15, 0.2) is 0 Å². The second-order valence-electron chi connectivity index (χ2n) is 6.08. The van der Waals surface area contributed by atoms with Crippen molar-refractivity contribution >= 4 is 11.8 Å². The lowest BCUT2D eigenvalue weighted by atomic mass is 9.86. The van der Waals surface area contributed by atoms with Gasteiger partial charge < -0.3 is 14.9 Å². The van der Waals surface area contributed by atoms with Crippen LogP contribution in [0, 0.1) is 11.8 Å². The van der Waals surface area contributed by atoms with Crippen LogP contribution >= 0.6 is 0 Å². The van der Waals surface area contributed by atoms with Crippen molar-refractivity contribution in [1.82, 2.24) is 9.80 Å². The molecule has 0 radical (unpaired) electrons. The standard InChI is InChI=1S/C13H20N2O3/c1-14-5-4-9(6-11(14)16)12(17)15-7-13(18,8-15)10-2-3-10/h9-10,18H,2-8H2,1H3. The van der Waals surface area contributed by atoms with Gasteiger partial charge in [-0.15, -0.1) is 0 Å². The van der Waals surface area contributed by atoms with Crippen LogP contribution in [0.25, 0.3) is 0 Å². The highest BCUT2D eigenvalue weighted by atomic mass is 16.3. The molecule has 100 valence electrons. The Labute approximate surface area is 107 Å². The van der Waals surface area contributed by atoms with E-state index in [4.69, 9.17) is 0 Å². The lowest BCUT2D eigenvalue weighted by molar-refractivity contribution is -0.166. The monoisotopic (exact) mass is 252 g/mol. The average Bonchev–Trinajstić information content (AvgIpc) is 3.12. The second kappa shape index (κ2) is 3.95. The van der Waals surface area contributed by atoms with Gasteiger partial charge in [-0.2, -0.15) is 0 Å². The van der Waals surface area contributed by atoms with Gasteiger partial charge in [0.05, 0.1) is 13.1 Å². The zero-order chi connectivity index (χ0) is 12.9. The Bertz CT molecular complexity index is 386. The summed E-state index contributed by atoms with van der Waals surface area (Å²) in [5.74, 6) is 0.345. The van der Waals surface area contributed by atoms with Gasteiger partial charge in [-0.05, 0) is 25.2 Å². The van der Waals surface area contributed by atoms with E-state index in [0.717, 1.165) is 19.3 Å². The summed E-state index contributed by atoms with van der Waals surface area (Å²) in [5, 5.41) is 10.2. The number of β-amino-alcohol motifs (C(OH)–C–C–N with tert-alkyl or cyclic N) is 1. The minimum atomic E-state index is -0.620. The van der Waals surface area contributed by atoms with Crippen LogP contribution in [0.2, 0.25) is 0 Å². The molecule has 0 bridgehead atoms. The van der Waals surface area contributed by atoms with Crippen LogP contribution < -0.4 is 0 Å². The topological polar surface area (TPSA) is 60.9 Å². The average molecular weight is 252 g/mol. The molecule has 5 nitrogen and oxygen atoms in total. The van der Waals surface area contributed by atoms with Crippen LogP contribution in [0.3, 0.4) is 0 Å². The number of hydrogen-bond donors (Lipinski definition) is 1. The second-order valence-corrected chi connectivity index (χ2v) is 6.08. The molecule has 2 heterocycles. The van der Waals surface area contributed by atoms with Gasteiger partial charge in [0.2, 0.25) is 11.8 Å². The van der Waals surface area contributed by atoms with E-state index in [0.29, 0.717) is 32.0 Å². The molecule has 0 spiro atoms. The summed E-state index contributed by atoms with van der Waals surface area (Å²) >= 11 is 0. The smallest absolute Gasteiger partial charge is 0.226 e. The van der Waals surface area contributed by atoms with Crippen LogP contribution in [0.4, 0.5) is 0 Å². The number of carbonyl (C=O) groups is 2. The fourth-order valence-electron chi connectivity index (χ4n) is 3.06. The summed E-state index contributed by atoms with van der Waals surface area (Å²) in [5.41, 5.74) is -0.620. The third-order valence-corrected chi connectivity index (χ3v) is 4.59. The Kier molecular flexibility index (Phi) is 2.62. The molecule has 1 atom stereocenters. The molecule has 2 amide bonds. The van der Waals surface area contributed by atoms with Crippen molar-refractivity contribution in [2.45, 2.75) is 31.3 Å². The third-order valence-electron chi connectivity index (χ3n) is 4.59.